The molecular weight excluding hydrogens is 893 g/mol. The predicted octanol–water partition coefficient (Wildman–Crippen LogP) is 19.8. The maximum Gasteiger partial charge on any atom is 0.0847 e. The van der Waals surface area contributed by atoms with Gasteiger partial charge in [0.15, 0.2) is 0 Å². The molecule has 74 heavy (non-hydrogen) atoms. The number of benzene rings is 13. The quantitative estimate of drug-likeness (QED) is 0.145. The minimum atomic E-state index is -0.442. The highest BCUT2D eigenvalue weighted by atomic mass is 15.1. The van der Waals surface area contributed by atoms with Gasteiger partial charge in [-0.1, -0.05) is 224 Å². The molecule has 2 heteroatoms. The van der Waals surface area contributed by atoms with Gasteiger partial charge in [-0.3, -0.25) is 0 Å². The van der Waals surface area contributed by atoms with E-state index in [0.29, 0.717) is 0 Å². The Bertz CT molecular complexity index is 4290. The number of fused-ring (bicyclic) bond motifs is 12. The summed E-state index contributed by atoms with van der Waals surface area (Å²) in [6.07, 6.45) is 7.85. The number of hydrogen-bond acceptors (Lipinski definition) is 2. The minimum Gasteiger partial charge on any atom is -0.372 e. The van der Waals surface area contributed by atoms with E-state index in [1.54, 1.807) is 0 Å². The van der Waals surface area contributed by atoms with Crippen LogP contribution in [0.5, 0.6) is 0 Å². The van der Waals surface area contributed by atoms with Crippen molar-refractivity contribution >= 4 is 93.0 Å². The predicted molar refractivity (Wildman–Crippen MR) is 317 cm³/mol. The Hall–Kier alpha value is -9.50. The first kappa shape index (κ1) is 43.3. The smallest absolute Gasteiger partial charge is 0.0847 e. The zero-order chi connectivity index (χ0) is 49.0. The molecule has 1 N–H and O–H groups in total. The summed E-state index contributed by atoms with van der Waals surface area (Å²) in [6, 6.07) is 97.6. The van der Waals surface area contributed by atoms with Crippen molar-refractivity contribution in [3.8, 4) is 22.3 Å². The van der Waals surface area contributed by atoms with Crippen LogP contribution < -0.4 is 10.2 Å². The number of nitrogens with one attached hydrogen (secondary N) is 1. The Balaban J connectivity index is 0.768. The van der Waals surface area contributed by atoms with E-state index in [2.05, 4.69) is 295 Å². The van der Waals surface area contributed by atoms with Crippen molar-refractivity contribution in [2.45, 2.75) is 12.0 Å². The lowest BCUT2D eigenvalue weighted by molar-refractivity contribution is 0.620. The molecule has 0 heterocycles. The molecule has 0 aliphatic heterocycles. The number of para-hydroxylation sites is 1. The van der Waals surface area contributed by atoms with E-state index in [1.165, 1.54) is 104 Å². The van der Waals surface area contributed by atoms with E-state index in [4.69, 9.17) is 0 Å². The van der Waals surface area contributed by atoms with E-state index in [9.17, 15) is 0 Å². The highest BCUT2D eigenvalue weighted by Crippen LogP contribution is 2.43. The van der Waals surface area contributed by atoms with Crippen molar-refractivity contribution in [3.05, 3.63) is 296 Å². The highest BCUT2D eigenvalue weighted by Gasteiger charge is 2.31. The molecule has 14 rings (SSSR count). The van der Waals surface area contributed by atoms with Crippen molar-refractivity contribution in [1.29, 1.82) is 0 Å². The van der Waals surface area contributed by atoms with Gasteiger partial charge in [0.25, 0.3) is 0 Å². The molecule has 0 aromatic heterocycles. The molecule has 0 saturated carbocycles. The molecule has 0 fully saturated rings. The summed E-state index contributed by atoms with van der Waals surface area (Å²) in [5, 5.41) is 19.5. The van der Waals surface area contributed by atoms with Crippen LogP contribution in [0.2, 0.25) is 0 Å². The number of rotatable bonds is 9. The fourth-order valence-corrected chi connectivity index (χ4v) is 11.8. The third kappa shape index (κ3) is 7.50. The van der Waals surface area contributed by atoms with Crippen LogP contribution in [0.1, 0.15) is 17.5 Å². The minimum absolute atomic E-state index is 0.442. The van der Waals surface area contributed by atoms with Crippen LogP contribution in [0.25, 0.3) is 92.5 Å². The number of anilines is 4. The Morgan fingerprint density at radius 1 is 0.297 bits per heavy atom. The molecule has 348 valence electrons. The first-order valence-corrected chi connectivity index (χ1v) is 25.7. The molecule has 1 atom stereocenters. The Labute approximate surface area is 431 Å². The standard InChI is InChI=1S/C72H50N2/c1-3-19-55(20-4-1)72(73-56-21-15-17-51(45-56)53-35-39-68-64-29-9-7-25-60(64)62-27-11-13-31-66(62)70(68)47-53)43-41-50(42-44-72)49-33-37-58(38-34-49)74(57-22-5-2-6-23-57)59-24-16-18-52(46-59)54-36-40-69-65-30-10-8-26-61(65)63-28-12-14-32-67(63)71(69)48-54/h1-43,45-48,73H,44H2. The van der Waals surface area contributed by atoms with Gasteiger partial charge in [0.05, 0.1) is 5.54 Å². The SMILES string of the molecule is C1=CC(Nc2cccc(-c3ccc4c5ccccc5c5ccccc5c4c3)c2)(c2ccccc2)CC=C1c1ccc(N(c2ccccc2)c2cccc(-c3ccc4c5ccccc5c5ccccc5c4c3)c2)cc1. The topological polar surface area (TPSA) is 15.3 Å². The van der Waals surface area contributed by atoms with Crippen LogP contribution >= 0.6 is 0 Å². The average molecular weight is 943 g/mol. The Morgan fingerprint density at radius 3 is 1.22 bits per heavy atom. The molecule has 13 aromatic rings. The van der Waals surface area contributed by atoms with Gasteiger partial charge in [0.1, 0.15) is 0 Å². The largest absolute Gasteiger partial charge is 0.372 e. The van der Waals surface area contributed by atoms with Gasteiger partial charge in [-0.2, -0.15) is 0 Å². The molecule has 0 amide bonds. The van der Waals surface area contributed by atoms with Gasteiger partial charge < -0.3 is 10.2 Å². The maximum absolute atomic E-state index is 4.05. The highest BCUT2D eigenvalue weighted by molar-refractivity contribution is 6.27. The van der Waals surface area contributed by atoms with E-state index in [0.717, 1.165) is 29.2 Å². The molecule has 0 saturated heterocycles. The van der Waals surface area contributed by atoms with E-state index in [-0.39, 0.29) is 0 Å². The molecule has 1 aliphatic carbocycles. The van der Waals surface area contributed by atoms with Gasteiger partial charge in [-0.25, -0.2) is 0 Å². The summed E-state index contributed by atoms with van der Waals surface area (Å²) in [4.78, 5) is 2.36. The van der Waals surface area contributed by atoms with Crippen molar-refractivity contribution in [2.24, 2.45) is 0 Å². The van der Waals surface area contributed by atoms with Crippen LogP contribution in [0.15, 0.2) is 285 Å². The van der Waals surface area contributed by atoms with Gasteiger partial charge in [-0.15, -0.1) is 0 Å². The summed E-state index contributed by atoms with van der Waals surface area (Å²) in [7, 11) is 0. The second kappa shape index (κ2) is 18.0. The lowest BCUT2D eigenvalue weighted by Gasteiger charge is -2.35. The summed E-state index contributed by atoms with van der Waals surface area (Å²) in [5.74, 6) is 0. The summed E-state index contributed by atoms with van der Waals surface area (Å²) < 4.78 is 0. The number of nitrogens with zero attached hydrogens (tertiary/aromatic N) is 1. The number of allylic oxidation sites excluding steroid dienone is 2. The first-order chi connectivity index (χ1) is 36.6. The van der Waals surface area contributed by atoms with Crippen molar-refractivity contribution < 1.29 is 0 Å². The Kier molecular flexibility index (Phi) is 10.5. The molecule has 0 radical (unpaired) electrons. The van der Waals surface area contributed by atoms with Gasteiger partial charge in [-0.05, 0) is 171 Å². The zero-order valence-electron chi connectivity index (χ0n) is 40.8. The first-order valence-electron chi connectivity index (χ1n) is 25.7. The van der Waals surface area contributed by atoms with Crippen molar-refractivity contribution in [3.63, 3.8) is 0 Å². The molecule has 2 nitrogen and oxygen atoms in total. The maximum atomic E-state index is 4.05. The number of hydrogen-bond donors (Lipinski definition) is 1. The lowest BCUT2D eigenvalue weighted by atomic mass is 9.80. The van der Waals surface area contributed by atoms with Crippen LogP contribution in [0, 0.1) is 0 Å². The van der Waals surface area contributed by atoms with Crippen LogP contribution in [-0.2, 0) is 5.54 Å². The van der Waals surface area contributed by atoms with Crippen LogP contribution in [0.3, 0.4) is 0 Å². The van der Waals surface area contributed by atoms with E-state index in [1.807, 2.05) is 0 Å². The summed E-state index contributed by atoms with van der Waals surface area (Å²) in [6.45, 7) is 0. The molecule has 0 spiro atoms. The molecular formula is C72H50N2. The summed E-state index contributed by atoms with van der Waals surface area (Å²) in [5.41, 5.74) is 12.3. The fourth-order valence-electron chi connectivity index (χ4n) is 11.8. The Morgan fingerprint density at radius 2 is 0.703 bits per heavy atom. The monoisotopic (exact) mass is 942 g/mol. The zero-order valence-corrected chi connectivity index (χ0v) is 40.8. The van der Waals surface area contributed by atoms with Crippen molar-refractivity contribution in [2.75, 3.05) is 10.2 Å². The molecule has 0 bridgehead atoms. The van der Waals surface area contributed by atoms with Crippen LogP contribution in [-0.4, -0.2) is 0 Å². The average Bonchev–Trinajstić information content (AvgIpc) is 3.50. The van der Waals surface area contributed by atoms with Gasteiger partial charge >= 0.3 is 0 Å². The second-order valence-electron chi connectivity index (χ2n) is 19.7. The van der Waals surface area contributed by atoms with Gasteiger partial charge in [0.2, 0.25) is 0 Å². The molecule has 1 unspecified atom stereocenters. The third-order valence-corrected chi connectivity index (χ3v) is 15.4. The normalized spacial score (nSPS) is 14.5. The van der Waals surface area contributed by atoms with Crippen molar-refractivity contribution in [1.82, 2.24) is 0 Å². The van der Waals surface area contributed by atoms with Gasteiger partial charge in [0, 0.05) is 22.7 Å². The van der Waals surface area contributed by atoms with Crippen LogP contribution in [0.4, 0.5) is 22.7 Å². The molecule has 1 aliphatic rings. The lowest BCUT2D eigenvalue weighted by Crippen LogP contribution is -2.34. The second-order valence-corrected chi connectivity index (χ2v) is 19.7. The third-order valence-electron chi connectivity index (χ3n) is 15.4. The summed E-state index contributed by atoms with van der Waals surface area (Å²) >= 11 is 0. The van der Waals surface area contributed by atoms with E-state index >= 15 is 0 Å². The van der Waals surface area contributed by atoms with E-state index < -0.39 is 5.54 Å². The fraction of sp³-hybridized carbons (Fsp3) is 0.0278. The molecule has 13 aromatic carbocycles.